The highest BCUT2D eigenvalue weighted by molar-refractivity contribution is 6.33. The summed E-state index contributed by atoms with van der Waals surface area (Å²) in [4.78, 5) is 14.6. The predicted octanol–water partition coefficient (Wildman–Crippen LogP) is 5.57. The van der Waals surface area contributed by atoms with E-state index in [4.69, 9.17) is 16.0 Å². The molecule has 0 saturated carbocycles. The summed E-state index contributed by atoms with van der Waals surface area (Å²) in [5.74, 6) is 0.226. The van der Waals surface area contributed by atoms with Crippen molar-refractivity contribution >= 4 is 40.4 Å². The molecule has 0 aliphatic carbocycles. The Balaban J connectivity index is 1.54. The molecule has 2 aromatic carbocycles. The Labute approximate surface area is 175 Å². The van der Waals surface area contributed by atoms with Gasteiger partial charge in [0.15, 0.2) is 5.76 Å². The molecule has 2 heterocycles. The molecule has 0 bridgehead atoms. The molecule has 1 aromatic heterocycles. The van der Waals surface area contributed by atoms with Crippen LogP contribution in [0.3, 0.4) is 0 Å². The fourth-order valence-corrected chi connectivity index (χ4v) is 4.22. The van der Waals surface area contributed by atoms with Gasteiger partial charge >= 0.3 is 5.91 Å². The Morgan fingerprint density at radius 2 is 2.07 bits per heavy atom. The van der Waals surface area contributed by atoms with Gasteiger partial charge in [0.2, 0.25) is 0 Å². The Kier molecular flexibility index (Phi) is 4.87. The van der Waals surface area contributed by atoms with E-state index >= 15 is 0 Å². The van der Waals surface area contributed by atoms with Crippen molar-refractivity contribution in [3.05, 3.63) is 64.4 Å². The van der Waals surface area contributed by atoms with E-state index in [1.54, 1.807) is 12.3 Å². The fourth-order valence-electron chi connectivity index (χ4n) is 4.01. The highest BCUT2D eigenvalue weighted by Gasteiger charge is 2.34. The number of nitrogens with one attached hydrogen (secondary N) is 1. The maximum atomic E-state index is 12.3. The zero-order valence-corrected chi connectivity index (χ0v) is 17.7. The lowest BCUT2D eigenvalue weighted by atomic mass is 9.80. The second-order valence-electron chi connectivity index (χ2n) is 8.26. The number of furan rings is 1. The minimum atomic E-state index is -0.401. The van der Waals surface area contributed by atoms with Gasteiger partial charge < -0.3 is 9.32 Å². The van der Waals surface area contributed by atoms with Gasteiger partial charge in [-0.25, -0.2) is 5.43 Å². The van der Waals surface area contributed by atoms with Gasteiger partial charge in [-0.05, 0) is 56.0 Å². The molecule has 150 valence electrons. The number of hydrogen-bond acceptors (Lipinski definition) is 4. The van der Waals surface area contributed by atoms with Crippen LogP contribution in [0.4, 0.5) is 5.69 Å². The van der Waals surface area contributed by atoms with Gasteiger partial charge in [0.1, 0.15) is 5.58 Å². The third-order valence-corrected chi connectivity index (χ3v) is 6.10. The molecular weight excluding hydrogens is 386 g/mol. The van der Waals surface area contributed by atoms with Crippen LogP contribution in [0, 0.1) is 0 Å². The largest absolute Gasteiger partial charge is 0.451 e. The second kappa shape index (κ2) is 7.23. The molecule has 0 radical (unpaired) electrons. The average molecular weight is 410 g/mol. The summed E-state index contributed by atoms with van der Waals surface area (Å²) >= 11 is 6.50. The third-order valence-electron chi connectivity index (χ3n) is 5.77. The molecule has 4 rings (SSSR count). The van der Waals surface area contributed by atoms with Crippen LogP contribution in [0.2, 0.25) is 5.02 Å². The zero-order valence-electron chi connectivity index (χ0n) is 17.0. The summed E-state index contributed by atoms with van der Waals surface area (Å²) in [5, 5.41) is 5.56. The van der Waals surface area contributed by atoms with Gasteiger partial charge in [0.05, 0.1) is 11.2 Å². The molecule has 1 N–H and O–H groups in total. The van der Waals surface area contributed by atoms with Gasteiger partial charge in [-0.3, -0.25) is 4.79 Å². The fraction of sp³-hybridized carbons (Fsp3) is 0.304. The van der Waals surface area contributed by atoms with Crippen LogP contribution in [0.25, 0.3) is 11.0 Å². The molecule has 1 unspecified atom stereocenters. The summed E-state index contributed by atoms with van der Waals surface area (Å²) in [5.41, 5.74) is 6.41. The monoisotopic (exact) mass is 409 g/mol. The number of hydrazone groups is 1. The van der Waals surface area contributed by atoms with E-state index in [0.29, 0.717) is 16.5 Å². The summed E-state index contributed by atoms with van der Waals surface area (Å²) in [7, 11) is 2.10. The normalized spacial score (nSPS) is 18.2. The molecule has 1 amide bonds. The smallest absolute Gasteiger partial charge is 0.307 e. The van der Waals surface area contributed by atoms with E-state index < -0.39 is 5.91 Å². The summed E-state index contributed by atoms with van der Waals surface area (Å²) in [6.45, 7) is 6.71. The van der Waals surface area contributed by atoms with Crippen molar-refractivity contribution in [2.24, 2.45) is 5.10 Å². The number of fused-ring (bicyclic) bond motifs is 2. The topological polar surface area (TPSA) is 57.8 Å². The number of benzene rings is 2. The lowest BCUT2D eigenvalue weighted by Gasteiger charge is -2.45. The van der Waals surface area contributed by atoms with Crippen LogP contribution in [0.15, 0.2) is 52.0 Å². The van der Waals surface area contributed by atoms with Crippen LogP contribution in [0.1, 0.15) is 54.8 Å². The lowest BCUT2D eigenvalue weighted by Crippen LogP contribution is -2.45. The number of rotatable bonds is 3. The third kappa shape index (κ3) is 3.62. The molecule has 0 saturated heterocycles. The number of para-hydroxylation sites is 1. The molecule has 1 aliphatic heterocycles. The number of carbonyl (C=O) groups is 1. The van der Waals surface area contributed by atoms with Crippen LogP contribution in [0.5, 0.6) is 0 Å². The van der Waals surface area contributed by atoms with Crippen molar-refractivity contribution in [1.29, 1.82) is 0 Å². The molecule has 5 nitrogen and oxygen atoms in total. The minimum Gasteiger partial charge on any atom is -0.451 e. The molecule has 0 spiro atoms. The first-order valence-electron chi connectivity index (χ1n) is 9.65. The van der Waals surface area contributed by atoms with E-state index in [-0.39, 0.29) is 11.3 Å². The first kappa shape index (κ1) is 19.5. The summed E-state index contributed by atoms with van der Waals surface area (Å²) in [6.07, 6.45) is 2.63. The van der Waals surface area contributed by atoms with Crippen molar-refractivity contribution in [1.82, 2.24) is 5.43 Å². The van der Waals surface area contributed by atoms with Crippen molar-refractivity contribution in [2.45, 2.75) is 38.6 Å². The minimum absolute atomic E-state index is 0.0753. The molecule has 1 aliphatic rings. The first-order chi connectivity index (χ1) is 13.8. The van der Waals surface area contributed by atoms with E-state index in [1.807, 2.05) is 30.3 Å². The van der Waals surface area contributed by atoms with Gasteiger partial charge in [-0.15, -0.1) is 0 Å². The predicted molar refractivity (Wildman–Crippen MR) is 118 cm³/mol. The molecule has 0 fully saturated rings. The maximum Gasteiger partial charge on any atom is 0.307 e. The van der Waals surface area contributed by atoms with Crippen molar-refractivity contribution in [2.75, 3.05) is 11.9 Å². The summed E-state index contributed by atoms with van der Waals surface area (Å²) < 4.78 is 5.56. The number of carbonyl (C=O) groups excluding carboxylic acids is 1. The highest BCUT2D eigenvalue weighted by Crippen LogP contribution is 2.44. The average Bonchev–Trinajstić information content (AvgIpc) is 3.11. The number of hydrogen-bond donors (Lipinski definition) is 1. The number of anilines is 1. The van der Waals surface area contributed by atoms with Crippen molar-refractivity contribution in [3.63, 3.8) is 0 Å². The summed E-state index contributed by atoms with van der Waals surface area (Å²) in [6, 6.07) is 13.2. The molecule has 1 atom stereocenters. The molecule has 29 heavy (non-hydrogen) atoms. The Morgan fingerprint density at radius 3 is 2.83 bits per heavy atom. The van der Waals surface area contributed by atoms with E-state index in [2.05, 4.69) is 49.3 Å². The quantitative estimate of drug-likeness (QED) is 0.454. The number of halogens is 1. The first-order valence-corrected chi connectivity index (χ1v) is 10.0. The maximum absolute atomic E-state index is 12.3. The molecule has 6 heteroatoms. The SMILES string of the molecule is CC1CC(C)(C)N(C)c2cc(Cl)c(/C=N\NC(=O)c3cc4ccccc4o3)cc21. The van der Waals surface area contributed by atoms with Crippen LogP contribution < -0.4 is 10.3 Å². The highest BCUT2D eigenvalue weighted by atomic mass is 35.5. The van der Waals surface area contributed by atoms with Gasteiger partial charge in [0.25, 0.3) is 0 Å². The Hall–Kier alpha value is -2.79. The van der Waals surface area contributed by atoms with Gasteiger partial charge in [0, 0.05) is 29.2 Å². The standard InChI is InChI=1S/C23H24ClN3O2/c1-14-12-23(2,3)27(4)19-11-18(24)16(9-17(14)19)13-25-26-22(28)21-10-15-7-5-6-8-20(15)29-21/h5-11,13-14H,12H2,1-4H3,(H,26,28)/b25-13-. The second-order valence-corrected chi connectivity index (χ2v) is 8.66. The lowest BCUT2D eigenvalue weighted by molar-refractivity contribution is 0.0929. The Bertz CT molecular complexity index is 1080. The van der Waals surface area contributed by atoms with Gasteiger partial charge in [-0.2, -0.15) is 5.10 Å². The number of nitrogens with zero attached hydrogens (tertiary/aromatic N) is 2. The van der Waals surface area contributed by atoms with E-state index in [1.165, 1.54) is 5.56 Å². The number of amides is 1. The Morgan fingerprint density at radius 1 is 1.31 bits per heavy atom. The zero-order chi connectivity index (χ0) is 20.8. The van der Waals surface area contributed by atoms with E-state index in [0.717, 1.165) is 23.1 Å². The molecular formula is C23H24ClN3O2. The van der Waals surface area contributed by atoms with Crippen molar-refractivity contribution in [3.8, 4) is 0 Å². The van der Waals surface area contributed by atoms with Crippen LogP contribution in [-0.4, -0.2) is 24.7 Å². The van der Waals surface area contributed by atoms with E-state index in [9.17, 15) is 4.79 Å². The van der Waals surface area contributed by atoms with Crippen LogP contribution in [-0.2, 0) is 0 Å². The van der Waals surface area contributed by atoms with Gasteiger partial charge in [-0.1, -0.05) is 36.7 Å². The van der Waals surface area contributed by atoms with Crippen LogP contribution >= 0.6 is 11.6 Å². The van der Waals surface area contributed by atoms with Crippen molar-refractivity contribution < 1.29 is 9.21 Å². The molecule has 3 aromatic rings.